The number of nitrogens with zero attached hydrogens (tertiary/aromatic N) is 2. The Morgan fingerprint density at radius 2 is 1.52 bits per heavy atom. The van der Waals surface area contributed by atoms with Crippen molar-refractivity contribution in [3.05, 3.63) is 29.3 Å². The van der Waals surface area contributed by atoms with Gasteiger partial charge in [0.2, 0.25) is 10.0 Å². The molecule has 1 fully saturated rings. The highest BCUT2D eigenvalue weighted by Crippen LogP contribution is 2.26. The van der Waals surface area contributed by atoms with Crippen molar-refractivity contribution in [1.82, 2.24) is 5.43 Å². The molecule has 6 nitrogen and oxygen atoms in total. The Labute approximate surface area is 179 Å². The Morgan fingerprint density at radius 3 is 2.03 bits per heavy atom. The standard InChI is InChI=1S/C21H32ClN3O3S/c1-29(27,28)25(20-16-12-11-15-19(20)22)17-21(26)24-23-18-13-9-7-5-3-2-4-6-8-10-14-18/h11-12,15-16H,2-10,13-14,17H2,1H3,(H,24,26). The van der Waals surface area contributed by atoms with Gasteiger partial charge in [-0.2, -0.15) is 5.10 Å². The molecule has 1 aromatic rings. The zero-order valence-corrected chi connectivity index (χ0v) is 18.8. The van der Waals surface area contributed by atoms with Crippen LogP contribution in [0, 0.1) is 0 Å². The van der Waals surface area contributed by atoms with Gasteiger partial charge in [0.15, 0.2) is 0 Å². The number of amides is 1. The molecule has 2 rings (SSSR count). The number of halogens is 1. The van der Waals surface area contributed by atoms with Gasteiger partial charge in [-0.1, -0.05) is 68.7 Å². The van der Waals surface area contributed by atoms with Gasteiger partial charge < -0.3 is 0 Å². The SMILES string of the molecule is CS(=O)(=O)N(CC(=O)NN=C1CCCCCCCCCCC1)c1ccccc1Cl. The van der Waals surface area contributed by atoms with E-state index in [0.29, 0.717) is 0 Å². The molecule has 0 saturated heterocycles. The van der Waals surface area contributed by atoms with Crippen LogP contribution in [0.2, 0.25) is 5.02 Å². The molecule has 0 heterocycles. The summed E-state index contributed by atoms with van der Waals surface area (Å²) in [6, 6.07) is 6.57. The van der Waals surface area contributed by atoms with Gasteiger partial charge >= 0.3 is 0 Å². The van der Waals surface area contributed by atoms with Gasteiger partial charge in [0.25, 0.3) is 5.91 Å². The average Bonchev–Trinajstić information content (AvgIpc) is 2.65. The fourth-order valence-corrected chi connectivity index (χ4v) is 4.63. The molecule has 0 bridgehead atoms. The number of hydrogen-bond donors (Lipinski definition) is 1. The summed E-state index contributed by atoms with van der Waals surface area (Å²) >= 11 is 6.13. The lowest BCUT2D eigenvalue weighted by Crippen LogP contribution is -2.39. The molecule has 1 amide bonds. The zero-order valence-electron chi connectivity index (χ0n) is 17.2. The summed E-state index contributed by atoms with van der Waals surface area (Å²) in [6.45, 7) is -0.362. The van der Waals surface area contributed by atoms with Crippen LogP contribution in [0.15, 0.2) is 29.4 Å². The smallest absolute Gasteiger partial charge is 0.260 e. The van der Waals surface area contributed by atoms with Crippen molar-refractivity contribution in [2.24, 2.45) is 5.10 Å². The monoisotopic (exact) mass is 441 g/mol. The maximum atomic E-state index is 12.4. The van der Waals surface area contributed by atoms with E-state index in [2.05, 4.69) is 10.5 Å². The Hall–Kier alpha value is -1.60. The second-order valence-corrected chi connectivity index (χ2v) is 9.93. The van der Waals surface area contributed by atoms with Gasteiger partial charge in [-0.3, -0.25) is 9.10 Å². The summed E-state index contributed by atoms with van der Waals surface area (Å²) in [7, 11) is -3.67. The van der Waals surface area contributed by atoms with E-state index in [0.717, 1.165) is 42.0 Å². The van der Waals surface area contributed by atoms with Crippen LogP contribution in [-0.2, 0) is 14.8 Å². The van der Waals surface area contributed by atoms with Crippen molar-refractivity contribution in [2.75, 3.05) is 17.1 Å². The third kappa shape index (κ3) is 8.74. The van der Waals surface area contributed by atoms with Gasteiger partial charge in [0, 0.05) is 5.71 Å². The fourth-order valence-electron chi connectivity index (χ4n) is 3.47. The molecule has 162 valence electrons. The first-order chi connectivity index (χ1) is 13.9. The summed E-state index contributed by atoms with van der Waals surface area (Å²) in [5.74, 6) is -0.478. The minimum atomic E-state index is -3.67. The lowest BCUT2D eigenvalue weighted by molar-refractivity contribution is -0.119. The lowest BCUT2D eigenvalue weighted by atomic mass is 10.00. The second kappa shape index (κ2) is 12.2. The van der Waals surface area contributed by atoms with Crippen LogP contribution in [-0.4, -0.2) is 32.8 Å². The van der Waals surface area contributed by atoms with E-state index in [1.807, 2.05) is 0 Å². The predicted octanol–water partition coefficient (Wildman–Crippen LogP) is 4.88. The van der Waals surface area contributed by atoms with Crippen LogP contribution in [0.25, 0.3) is 0 Å². The first-order valence-electron chi connectivity index (χ1n) is 10.4. The highest BCUT2D eigenvalue weighted by atomic mass is 35.5. The van der Waals surface area contributed by atoms with Gasteiger partial charge in [0.05, 0.1) is 17.0 Å². The van der Waals surface area contributed by atoms with Gasteiger partial charge in [0.1, 0.15) is 6.54 Å². The van der Waals surface area contributed by atoms with E-state index in [-0.39, 0.29) is 17.3 Å². The minimum Gasteiger partial charge on any atom is -0.271 e. The van der Waals surface area contributed by atoms with Crippen LogP contribution in [0.4, 0.5) is 5.69 Å². The number of hydrazone groups is 1. The number of carbonyl (C=O) groups is 1. The normalized spacial score (nSPS) is 17.0. The minimum absolute atomic E-state index is 0.274. The van der Waals surface area contributed by atoms with E-state index in [1.165, 1.54) is 44.9 Å². The number of nitrogens with one attached hydrogen (secondary N) is 1. The number of carbonyl (C=O) groups excluding carboxylic acids is 1. The number of benzene rings is 1. The first-order valence-corrected chi connectivity index (χ1v) is 12.7. The molecule has 29 heavy (non-hydrogen) atoms. The third-order valence-corrected chi connectivity index (χ3v) is 6.52. The molecule has 1 saturated carbocycles. The van der Waals surface area contributed by atoms with Gasteiger partial charge in [-0.25, -0.2) is 13.8 Å². The fraction of sp³-hybridized carbons (Fsp3) is 0.619. The van der Waals surface area contributed by atoms with Crippen molar-refractivity contribution >= 4 is 38.9 Å². The summed E-state index contributed by atoms with van der Waals surface area (Å²) < 4.78 is 25.4. The molecule has 0 spiro atoms. The Balaban J connectivity index is 2.01. The maximum Gasteiger partial charge on any atom is 0.260 e. The van der Waals surface area contributed by atoms with Crippen molar-refractivity contribution in [3.63, 3.8) is 0 Å². The molecule has 1 aromatic carbocycles. The van der Waals surface area contributed by atoms with Gasteiger partial charge in [-0.05, 0) is 37.8 Å². The molecule has 1 aliphatic rings. The van der Waals surface area contributed by atoms with Crippen molar-refractivity contribution in [1.29, 1.82) is 0 Å². The molecule has 0 unspecified atom stereocenters. The summed E-state index contributed by atoms with van der Waals surface area (Å²) in [5, 5.41) is 4.60. The first kappa shape index (κ1) is 23.7. The molecule has 0 aliphatic heterocycles. The Morgan fingerprint density at radius 1 is 1.00 bits per heavy atom. The third-order valence-electron chi connectivity index (χ3n) is 5.08. The number of para-hydroxylation sites is 1. The number of rotatable bonds is 5. The Kier molecular flexibility index (Phi) is 9.94. The molecular weight excluding hydrogens is 410 g/mol. The largest absolute Gasteiger partial charge is 0.271 e. The van der Waals surface area contributed by atoms with Crippen LogP contribution in [0.5, 0.6) is 0 Å². The molecule has 0 atom stereocenters. The molecule has 0 aromatic heterocycles. The van der Waals surface area contributed by atoms with E-state index in [4.69, 9.17) is 11.6 Å². The topological polar surface area (TPSA) is 78.8 Å². The molecule has 0 radical (unpaired) electrons. The maximum absolute atomic E-state index is 12.4. The molecule has 8 heteroatoms. The summed E-state index contributed by atoms with van der Waals surface area (Å²) in [4.78, 5) is 12.4. The highest BCUT2D eigenvalue weighted by molar-refractivity contribution is 7.92. The van der Waals surface area contributed by atoms with Gasteiger partial charge in [-0.15, -0.1) is 0 Å². The zero-order chi connectivity index (χ0) is 21.1. The van der Waals surface area contributed by atoms with Crippen LogP contribution >= 0.6 is 11.6 Å². The quantitative estimate of drug-likeness (QED) is 0.661. The van der Waals surface area contributed by atoms with Crippen molar-refractivity contribution in [2.45, 2.75) is 70.6 Å². The Bertz CT molecular complexity index is 782. The van der Waals surface area contributed by atoms with Crippen molar-refractivity contribution in [3.8, 4) is 0 Å². The number of hydrogen-bond acceptors (Lipinski definition) is 4. The average molecular weight is 442 g/mol. The summed E-state index contributed by atoms with van der Waals surface area (Å²) in [5.41, 5.74) is 3.83. The van der Waals surface area contributed by atoms with Crippen LogP contribution < -0.4 is 9.73 Å². The molecular formula is C21H32ClN3O3S. The number of anilines is 1. The second-order valence-electron chi connectivity index (χ2n) is 7.62. The summed E-state index contributed by atoms with van der Waals surface area (Å²) in [6.07, 6.45) is 13.7. The molecule has 1 aliphatic carbocycles. The highest BCUT2D eigenvalue weighted by Gasteiger charge is 2.22. The van der Waals surface area contributed by atoms with E-state index in [1.54, 1.807) is 24.3 Å². The van der Waals surface area contributed by atoms with E-state index in [9.17, 15) is 13.2 Å². The van der Waals surface area contributed by atoms with E-state index >= 15 is 0 Å². The number of sulfonamides is 1. The molecule has 1 N–H and O–H groups in total. The van der Waals surface area contributed by atoms with Crippen LogP contribution in [0.1, 0.15) is 70.6 Å². The predicted molar refractivity (Wildman–Crippen MR) is 120 cm³/mol. The van der Waals surface area contributed by atoms with Crippen LogP contribution in [0.3, 0.4) is 0 Å². The van der Waals surface area contributed by atoms with E-state index < -0.39 is 15.9 Å². The lowest BCUT2D eigenvalue weighted by Gasteiger charge is -2.22. The van der Waals surface area contributed by atoms with Crippen molar-refractivity contribution < 1.29 is 13.2 Å².